The Morgan fingerprint density at radius 2 is 2.00 bits per heavy atom. The molecule has 0 aliphatic rings. The van der Waals surface area contributed by atoms with Crippen molar-refractivity contribution in [3.8, 4) is 0 Å². The lowest BCUT2D eigenvalue weighted by molar-refractivity contribution is 0.0725. The van der Waals surface area contributed by atoms with Crippen LogP contribution in [0.25, 0.3) is 0 Å². The summed E-state index contributed by atoms with van der Waals surface area (Å²) in [6.07, 6.45) is 2.89. The summed E-state index contributed by atoms with van der Waals surface area (Å²) in [5, 5.41) is 12.7. The van der Waals surface area contributed by atoms with Crippen LogP contribution in [0.15, 0.2) is 24.3 Å². The summed E-state index contributed by atoms with van der Waals surface area (Å²) in [6.45, 7) is 4.07. The van der Waals surface area contributed by atoms with Gasteiger partial charge in [0, 0.05) is 17.9 Å². The number of hydrogen-bond donors (Lipinski definition) is 2. The maximum Gasteiger partial charge on any atom is 0.251 e. The van der Waals surface area contributed by atoms with Gasteiger partial charge < -0.3 is 10.4 Å². The first-order valence-electron chi connectivity index (χ1n) is 6.07. The van der Waals surface area contributed by atoms with E-state index in [0.29, 0.717) is 11.3 Å². The molecule has 0 saturated carbocycles. The van der Waals surface area contributed by atoms with Gasteiger partial charge in [-0.2, -0.15) is 11.8 Å². The molecule has 4 heteroatoms. The van der Waals surface area contributed by atoms with Crippen LogP contribution in [0.3, 0.4) is 0 Å². The Balaban J connectivity index is 2.54. The molecule has 1 aromatic rings. The third-order valence-corrected chi connectivity index (χ3v) is 3.62. The SMILES string of the molecule is CCc1ccc(C(=O)NCC(C)(O)CSC)cc1. The second kappa shape index (κ2) is 6.81. The minimum atomic E-state index is -0.863. The van der Waals surface area contributed by atoms with Crippen LogP contribution in [0.2, 0.25) is 0 Å². The number of aryl methyl sites for hydroxylation is 1. The first-order chi connectivity index (χ1) is 8.48. The zero-order valence-corrected chi connectivity index (χ0v) is 12.0. The van der Waals surface area contributed by atoms with E-state index in [1.165, 1.54) is 5.56 Å². The van der Waals surface area contributed by atoms with E-state index in [-0.39, 0.29) is 12.5 Å². The number of thioether (sulfide) groups is 1. The van der Waals surface area contributed by atoms with Gasteiger partial charge in [-0.3, -0.25) is 4.79 Å². The van der Waals surface area contributed by atoms with Gasteiger partial charge in [0.1, 0.15) is 0 Å². The molecular formula is C14H21NO2S. The number of amides is 1. The highest BCUT2D eigenvalue weighted by molar-refractivity contribution is 7.98. The molecule has 1 rings (SSSR count). The highest BCUT2D eigenvalue weighted by atomic mass is 32.2. The molecule has 2 N–H and O–H groups in total. The van der Waals surface area contributed by atoms with Gasteiger partial charge in [0.05, 0.1) is 5.60 Å². The van der Waals surface area contributed by atoms with Crippen LogP contribution in [-0.4, -0.2) is 35.2 Å². The Labute approximate surface area is 113 Å². The maximum absolute atomic E-state index is 11.9. The van der Waals surface area contributed by atoms with Crippen molar-refractivity contribution in [1.82, 2.24) is 5.32 Å². The third-order valence-electron chi connectivity index (χ3n) is 2.71. The van der Waals surface area contributed by atoms with E-state index in [1.807, 2.05) is 30.5 Å². The minimum Gasteiger partial charge on any atom is -0.387 e. The molecule has 0 radical (unpaired) electrons. The molecule has 0 aromatic heterocycles. The fourth-order valence-corrected chi connectivity index (χ4v) is 2.35. The zero-order chi connectivity index (χ0) is 13.6. The maximum atomic E-state index is 11.9. The highest BCUT2D eigenvalue weighted by Gasteiger charge is 2.20. The van der Waals surface area contributed by atoms with E-state index in [0.717, 1.165) is 6.42 Å². The van der Waals surface area contributed by atoms with E-state index in [2.05, 4.69) is 12.2 Å². The van der Waals surface area contributed by atoms with E-state index in [9.17, 15) is 9.90 Å². The average Bonchev–Trinajstić information content (AvgIpc) is 2.36. The van der Waals surface area contributed by atoms with Gasteiger partial charge in [-0.25, -0.2) is 0 Å². The van der Waals surface area contributed by atoms with Crippen LogP contribution in [0.5, 0.6) is 0 Å². The molecular weight excluding hydrogens is 246 g/mol. The van der Waals surface area contributed by atoms with Crippen LogP contribution < -0.4 is 5.32 Å². The van der Waals surface area contributed by atoms with Gasteiger partial charge in [-0.05, 0) is 37.3 Å². The summed E-state index contributed by atoms with van der Waals surface area (Å²) in [5.74, 6) is 0.459. The molecule has 0 bridgehead atoms. The molecule has 0 aliphatic carbocycles. The molecule has 3 nitrogen and oxygen atoms in total. The van der Waals surface area contributed by atoms with Crippen LogP contribution in [0.4, 0.5) is 0 Å². The van der Waals surface area contributed by atoms with Crippen molar-refractivity contribution < 1.29 is 9.90 Å². The smallest absolute Gasteiger partial charge is 0.251 e. The number of rotatable bonds is 6. The molecule has 0 aliphatic heterocycles. The molecule has 100 valence electrons. The molecule has 0 fully saturated rings. The average molecular weight is 267 g/mol. The van der Waals surface area contributed by atoms with Gasteiger partial charge in [0.25, 0.3) is 5.91 Å². The van der Waals surface area contributed by atoms with E-state index >= 15 is 0 Å². The molecule has 0 saturated heterocycles. The number of aliphatic hydroxyl groups is 1. The second-order valence-electron chi connectivity index (χ2n) is 4.66. The van der Waals surface area contributed by atoms with Crippen molar-refractivity contribution in [3.05, 3.63) is 35.4 Å². The van der Waals surface area contributed by atoms with Crippen LogP contribution in [-0.2, 0) is 6.42 Å². The Bertz CT molecular complexity index is 387. The fourth-order valence-electron chi connectivity index (χ4n) is 1.63. The summed E-state index contributed by atoms with van der Waals surface area (Å²) in [5.41, 5.74) is 0.978. The number of nitrogens with one attached hydrogen (secondary N) is 1. The minimum absolute atomic E-state index is 0.140. The molecule has 18 heavy (non-hydrogen) atoms. The Morgan fingerprint density at radius 3 is 2.50 bits per heavy atom. The first-order valence-corrected chi connectivity index (χ1v) is 7.46. The van der Waals surface area contributed by atoms with Crippen LogP contribution in [0, 0.1) is 0 Å². The zero-order valence-electron chi connectivity index (χ0n) is 11.2. The Hall–Kier alpha value is -1.00. The van der Waals surface area contributed by atoms with Crippen molar-refractivity contribution >= 4 is 17.7 Å². The number of hydrogen-bond acceptors (Lipinski definition) is 3. The largest absolute Gasteiger partial charge is 0.387 e. The number of carbonyl (C=O) groups excluding carboxylic acids is 1. The standard InChI is InChI=1S/C14H21NO2S/c1-4-11-5-7-12(8-6-11)13(16)15-9-14(2,17)10-18-3/h5-8,17H,4,9-10H2,1-3H3,(H,15,16). The fraction of sp³-hybridized carbons (Fsp3) is 0.500. The second-order valence-corrected chi connectivity index (χ2v) is 5.53. The topological polar surface area (TPSA) is 49.3 Å². The third kappa shape index (κ3) is 4.70. The van der Waals surface area contributed by atoms with Crippen molar-refractivity contribution in [2.45, 2.75) is 25.9 Å². The summed E-state index contributed by atoms with van der Waals surface area (Å²) in [7, 11) is 0. The predicted octanol–water partition coefficient (Wildman–Crippen LogP) is 2.09. The molecule has 1 amide bonds. The number of carbonyl (C=O) groups is 1. The molecule has 0 spiro atoms. The van der Waals surface area contributed by atoms with Crippen molar-refractivity contribution in [3.63, 3.8) is 0 Å². The van der Waals surface area contributed by atoms with E-state index < -0.39 is 5.60 Å². The first kappa shape index (κ1) is 15.1. The Kier molecular flexibility index (Phi) is 5.69. The van der Waals surface area contributed by atoms with Gasteiger partial charge in [-0.15, -0.1) is 0 Å². The molecule has 1 aromatic carbocycles. The highest BCUT2D eigenvalue weighted by Crippen LogP contribution is 2.10. The summed E-state index contributed by atoms with van der Waals surface area (Å²) in [4.78, 5) is 11.9. The van der Waals surface area contributed by atoms with Gasteiger partial charge >= 0.3 is 0 Å². The summed E-state index contributed by atoms with van der Waals surface area (Å²) in [6, 6.07) is 7.54. The number of benzene rings is 1. The lowest BCUT2D eigenvalue weighted by Gasteiger charge is -2.22. The molecule has 1 unspecified atom stereocenters. The van der Waals surface area contributed by atoms with Gasteiger partial charge in [-0.1, -0.05) is 19.1 Å². The van der Waals surface area contributed by atoms with Gasteiger partial charge in [0.15, 0.2) is 0 Å². The Morgan fingerprint density at radius 1 is 1.39 bits per heavy atom. The van der Waals surface area contributed by atoms with Gasteiger partial charge in [0.2, 0.25) is 0 Å². The summed E-state index contributed by atoms with van der Waals surface area (Å²) >= 11 is 1.56. The van der Waals surface area contributed by atoms with E-state index in [1.54, 1.807) is 18.7 Å². The predicted molar refractivity (Wildman–Crippen MR) is 77.2 cm³/mol. The van der Waals surface area contributed by atoms with Crippen molar-refractivity contribution in [1.29, 1.82) is 0 Å². The van der Waals surface area contributed by atoms with E-state index in [4.69, 9.17) is 0 Å². The molecule has 1 atom stereocenters. The van der Waals surface area contributed by atoms with Crippen molar-refractivity contribution in [2.75, 3.05) is 18.6 Å². The van der Waals surface area contributed by atoms with Crippen LogP contribution >= 0.6 is 11.8 Å². The monoisotopic (exact) mass is 267 g/mol. The lowest BCUT2D eigenvalue weighted by atomic mass is 10.1. The quantitative estimate of drug-likeness (QED) is 0.830. The lowest BCUT2D eigenvalue weighted by Crippen LogP contribution is -2.42. The van der Waals surface area contributed by atoms with Crippen molar-refractivity contribution in [2.24, 2.45) is 0 Å². The van der Waals surface area contributed by atoms with Crippen LogP contribution in [0.1, 0.15) is 29.8 Å². The summed E-state index contributed by atoms with van der Waals surface area (Å²) < 4.78 is 0. The molecule has 0 heterocycles. The normalized spacial score (nSPS) is 14.0.